The summed E-state index contributed by atoms with van der Waals surface area (Å²) in [5.74, 6) is -0.386. The zero-order valence-electron chi connectivity index (χ0n) is 9.18. The van der Waals surface area contributed by atoms with Crippen molar-refractivity contribution in [2.45, 2.75) is 13.5 Å². The first-order valence-electron chi connectivity index (χ1n) is 5.16. The minimum atomic E-state index is -0.386. The van der Waals surface area contributed by atoms with Crippen molar-refractivity contribution in [2.24, 2.45) is 5.73 Å². The summed E-state index contributed by atoms with van der Waals surface area (Å²) in [6, 6.07) is 10.1. The monoisotopic (exact) mass is 214 g/mol. The van der Waals surface area contributed by atoms with E-state index in [2.05, 4.69) is 31.2 Å². The molecule has 0 atom stereocenters. The smallest absolute Gasteiger partial charge is 0.250 e. The van der Waals surface area contributed by atoms with Crippen LogP contribution in [0.4, 0.5) is 0 Å². The Balaban J connectivity index is 2.14. The topological polar surface area (TPSA) is 48.0 Å². The molecule has 1 aromatic heterocycles. The quantitative estimate of drug-likeness (QED) is 0.834. The normalized spacial score (nSPS) is 10.3. The molecule has 0 saturated heterocycles. The molecule has 82 valence electrons. The van der Waals surface area contributed by atoms with Crippen molar-refractivity contribution < 1.29 is 4.79 Å². The summed E-state index contributed by atoms with van der Waals surface area (Å²) < 4.78 is 1.95. The highest BCUT2D eigenvalue weighted by atomic mass is 16.1. The van der Waals surface area contributed by atoms with Gasteiger partial charge < -0.3 is 10.3 Å². The minimum absolute atomic E-state index is 0.386. The van der Waals surface area contributed by atoms with Crippen LogP contribution in [0, 0.1) is 6.92 Å². The second-order valence-electron chi connectivity index (χ2n) is 3.92. The Labute approximate surface area is 94.5 Å². The van der Waals surface area contributed by atoms with Crippen LogP contribution in [0.25, 0.3) is 0 Å². The molecule has 2 aromatic rings. The van der Waals surface area contributed by atoms with Crippen molar-refractivity contribution in [3.8, 4) is 0 Å². The Bertz CT molecular complexity index is 497. The van der Waals surface area contributed by atoms with Crippen molar-refractivity contribution in [3.63, 3.8) is 0 Å². The van der Waals surface area contributed by atoms with E-state index in [9.17, 15) is 4.79 Å². The van der Waals surface area contributed by atoms with Crippen molar-refractivity contribution in [1.29, 1.82) is 0 Å². The van der Waals surface area contributed by atoms with Crippen LogP contribution in [0.5, 0.6) is 0 Å². The number of hydrogen-bond donors (Lipinski definition) is 1. The van der Waals surface area contributed by atoms with E-state index in [1.807, 2.05) is 10.8 Å². The van der Waals surface area contributed by atoms with E-state index in [0.717, 1.165) is 6.54 Å². The van der Waals surface area contributed by atoms with Gasteiger partial charge in [0.2, 0.25) is 5.91 Å². The number of carbonyl (C=O) groups is 1. The molecular formula is C13H14N2O. The molecule has 0 radical (unpaired) electrons. The highest BCUT2D eigenvalue weighted by molar-refractivity contribution is 5.92. The number of primary amides is 1. The lowest BCUT2D eigenvalue weighted by Crippen LogP contribution is -2.09. The van der Waals surface area contributed by atoms with Crippen molar-refractivity contribution in [2.75, 3.05) is 0 Å². The molecule has 2 rings (SSSR count). The molecule has 1 amide bonds. The Morgan fingerprint density at radius 3 is 2.50 bits per heavy atom. The molecule has 0 aliphatic rings. The maximum Gasteiger partial charge on any atom is 0.250 e. The summed E-state index contributed by atoms with van der Waals surface area (Å²) in [4.78, 5) is 10.9. The van der Waals surface area contributed by atoms with Gasteiger partial charge in [-0.1, -0.05) is 29.8 Å². The summed E-state index contributed by atoms with van der Waals surface area (Å²) in [7, 11) is 0. The predicted octanol–water partition coefficient (Wildman–Crippen LogP) is 1.94. The van der Waals surface area contributed by atoms with Gasteiger partial charge >= 0.3 is 0 Å². The fourth-order valence-electron chi connectivity index (χ4n) is 1.59. The Hall–Kier alpha value is -2.03. The number of carbonyl (C=O) groups excluding carboxylic acids is 1. The number of aromatic nitrogens is 1. The number of aryl methyl sites for hydroxylation is 1. The van der Waals surface area contributed by atoms with Crippen LogP contribution in [0.3, 0.4) is 0 Å². The largest absolute Gasteiger partial charge is 0.366 e. The number of nitrogens with zero attached hydrogens (tertiary/aromatic N) is 1. The second-order valence-corrected chi connectivity index (χ2v) is 3.92. The fraction of sp³-hybridized carbons (Fsp3) is 0.154. The zero-order chi connectivity index (χ0) is 11.5. The van der Waals surface area contributed by atoms with Crippen LogP contribution in [0.1, 0.15) is 21.5 Å². The Morgan fingerprint density at radius 1 is 1.25 bits per heavy atom. The van der Waals surface area contributed by atoms with Gasteiger partial charge in [0.05, 0.1) is 5.56 Å². The minimum Gasteiger partial charge on any atom is -0.366 e. The third-order valence-electron chi connectivity index (χ3n) is 2.52. The van der Waals surface area contributed by atoms with Gasteiger partial charge in [-0.05, 0) is 18.6 Å². The maximum atomic E-state index is 10.9. The first-order chi connectivity index (χ1) is 7.65. The number of hydrogen-bond acceptors (Lipinski definition) is 1. The molecular weight excluding hydrogens is 200 g/mol. The average Bonchev–Trinajstić information content (AvgIpc) is 2.70. The van der Waals surface area contributed by atoms with Crippen LogP contribution in [0.2, 0.25) is 0 Å². The lowest BCUT2D eigenvalue weighted by atomic mass is 10.1. The molecule has 2 N–H and O–H groups in total. The molecule has 0 fully saturated rings. The van der Waals surface area contributed by atoms with Gasteiger partial charge in [0.1, 0.15) is 0 Å². The Kier molecular flexibility index (Phi) is 2.77. The van der Waals surface area contributed by atoms with E-state index in [0.29, 0.717) is 5.56 Å². The predicted molar refractivity (Wildman–Crippen MR) is 63.2 cm³/mol. The summed E-state index contributed by atoms with van der Waals surface area (Å²) in [6.07, 6.45) is 3.63. The van der Waals surface area contributed by atoms with E-state index >= 15 is 0 Å². The molecule has 3 heteroatoms. The molecule has 3 nitrogen and oxygen atoms in total. The molecule has 16 heavy (non-hydrogen) atoms. The fourth-order valence-corrected chi connectivity index (χ4v) is 1.59. The van der Waals surface area contributed by atoms with Crippen LogP contribution < -0.4 is 5.73 Å². The van der Waals surface area contributed by atoms with E-state index < -0.39 is 0 Å². The van der Waals surface area contributed by atoms with Gasteiger partial charge in [0, 0.05) is 18.9 Å². The Morgan fingerprint density at radius 2 is 1.94 bits per heavy atom. The molecule has 1 heterocycles. The van der Waals surface area contributed by atoms with Crippen LogP contribution in [0.15, 0.2) is 42.7 Å². The van der Waals surface area contributed by atoms with E-state index in [-0.39, 0.29) is 5.91 Å². The molecule has 0 aliphatic carbocycles. The van der Waals surface area contributed by atoms with E-state index in [1.165, 1.54) is 11.1 Å². The van der Waals surface area contributed by atoms with Gasteiger partial charge in [-0.25, -0.2) is 0 Å². The molecule has 0 aliphatic heterocycles. The second kappa shape index (κ2) is 4.23. The van der Waals surface area contributed by atoms with Crippen LogP contribution in [-0.4, -0.2) is 10.5 Å². The van der Waals surface area contributed by atoms with Gasteiger partial charge in [0.25, 0.3) is 0 Å². The summed E-state index contributed by atoms with van der Waals surface area (Å²) in [6.45, 7) is 2.82. The highest BCUT2D eigenvalue weighted by Gasteiger charge is 2.02. The number of rotatable bonds is 3. The number of benzene rings is 1. The number of nitrogens with two attached hydrogens (primary N) is 1. The van der Waals surface area contributed by atoms with Gasteiger partial charge in [-0.15, -0.1) is 0 Å². The molecule has 0 bridgehead atoms. The van der Waals surface area contributed by atoms with Crippen LogP contribution in [-0.2, 0) is 6.54 Å². The SMILES string of the molecule is Cc1ccc(Cn2ccc(C(N)=O)c2)cc1. The lowest BCUT2D eigenvalue weighted by Gasteiger charge is -2.03. The maximum absolute atomic E-state index is 10.9. The van der Waals surface area contributed by atoms with E-state index in [1.54, 1.807) is 12.3 Å². The summed E-state index contributed by atoms with van der Waals surface area (Å²) in [5.41, 5.74) is 8.19. The van der Waals surface area contributed by atoms with Crippen molar-refractivity contribution >= 4 is 5.91 Å². The summed E-state index contributed by atoms with van der Waals surface area (Å²) >= 11 is 0. The van der Waals surface area contributed by atoms with Gasteiger partial charge in [-0.2, -0.15) is 0 Å². The van der Waals surface area contributed by atoms with Gasteiger partial charge in [0.15, 0.2) is 0 Å². The van der Waals surface area contributed by atoms with Crippen LogP contribution >= 0.6 is 0 Å². The highest BCUT2D eigenvalue weighted by Crippen LogP contribution is 2.07. The third kappa shape index (κ3) is 2.31. The first kappa shape index (κ1) is 10.5. The molecule has 0 saturated carbocycles. The number of amides is 1. The molecule has 0 spiro atoms. The third-order valence-corrected chi connectivity index (χ3v) is 2.52. The first-order valence-corrected chi connectivity index (χ1v) is 5.16. The van der Waals surface area contributed by atoms with E-state index in [4.69, 9.17) is 5.73 Å². The zero-order valence-corrected chi connectivity index (χ0v) is 9.18. The molecule has 0 unspecified atom stereocenters. The summed E-state index contributed by atoms with van der Waals surface area (Å²) in [5, 5.41) is 0. The van der Waals surface area contributed by atoms with Crippen molar-refractivity contribution in [3.05, 3.63) is 59.4 Å². The van der Waals surface area contributed by atoms with Crippen molar-refractivity contribution in [1.82, 2.24) is 4.57 Å². The van der Waals surface area contributed by atoms with Gasteiger partial charge in [-0.3, -0.25) is 4.79 Å². The molecule has 1 aromatic carbocycles. The lowest BCUT2D eigenvalue weighted by molar-refractivity contribution is 0.100. The average molecular weight is 214 g/mol. The standard InChI is InChI=1S/C13H14N2O/c1-10-2-4-11(5-3-10)8-15-7-6-12(9-15)13(14)16/h2-7,9H,8H2,1H3,(H2,14,16).